The molecular weight excluding hydrogens is 179 g/mol. The Morgan fingerprint density at radius 1 is 1.36 bits per heavy atom. The van der Waals surface area contributed by atoms with Gasteiger partial charge in [0.25, 0.3) is 0 Å². The molecule has 66 valence electrons. The average molecular weight is 195 g/mol. The van der Waals surface area contributed by atoms with Crippen LogP contribution in [0.25, 0.3) is 0 Å². The van der Waals surface area contributed by atoms with Crippen LogP contribution in [-0.4, -0.2) is 5.88 Å². The van der Waals surface area contributed by atoms with Gasteiger partial charge in [-0.05, 0) is 31.6 Å². The zero-order valence-corrected chi connectivity index (χ0v) is 8.54. The molecule has 0 aromatic heterocycles. The van der Waals surface area contributed by atoms with Crippen molar-refractivity contribution >= 4 is 23.2 Å². The number of hydrogen-bond acceptors (Lipinski definition) is 0. The minimum atomic E-state index is 0.779. The first-order valence-electron chi connectivity index (χ1n) is 4.12. The van der Waals surface area contributed by atoms with E-state index >= 15 is 0 Å². The molecule has 11 heavy (non-hydrogen) atoms. The van der Waals surface area contributed by atoms with E-state index in [-0.39, 0.29) is 0 Å². The maximum atomic E-state index is 5.57. The molecule has 0 bridgehead atoms. The third-order valence-corrected chi connectivity index (χ3v) is 2.19. The molecule has 0 saturated carbocycles. The van der Waals surface area contributed by atoms with Crippen LogP contribution in [0.15, 0.2) is 11.6 Å². The second kappa shape index (κ2) is 8.42. The van der Waals surface area contributed by atoms with E-state index in [1.54, 1.807) is 5.54 Å². The minimum Gasteiger partial charge on any atom is -0.127 e. The van der Waals surface area contributed by atoms with Crippen molar-refractivity contribution in [2.75, 3.05) is 5.88 Å². The first-order chi connectivity index (χ1) is 5.31. The van der Waals surface area contributed by atoms with Gasteiger partial charge in [-0.15, -0.1) is 11.6 Å². The van der Waals surface area contributed by atoms with Crippen LogP contribution in [0.5, 0.6) is 0 Å². The fraction of sp³-hybridized carbons (Fsp3) is 0.778. The molecule has 0 aromatic rings. The van der Waals surface area contributed by atoms with Crippen LogP contribution in [-0.2, 0) is 0 Å². The summed E-state index contributed by atoms with van der Waals surface area (Å²) in [4.78, 5) is 0. The van der Waals surface area contributed by atoms with Crippen molar-refractivity contribution in [3.8, 4) is 0 Å². The summed E-state index contributed by atoms with van der Waals surface area (Å²) < 4.78 is 0. The predicted octanol–water partition coefficient (Wildman–Crippen LogP) is 4.17. The lowest BCUT2D eigenvalue weighted by atomic mass is 10.0. The zero-order chi connectivity index (χ0) is 8.53. The molecule has 2 heteroatoms. The van der Waals surface area contributed by atoms with Crippen LogP contribution in [0.2, 0.25) is 0 Å². The Kier molecular flexibility index (Phi) is 8.66. The molecular formula is C9H16Cl2. The van der Waals surface area contributed by atoms with Crippen LogP contribution in [0.3, 0.4) is 0 Å². The van der Waals surface area contributed by atoms with E-state index in [2.05, 4.69) is 6.92 Å². The highest BCUT2D eigenvalue weighted by Gasteiger charge is 1.98. The van der Waals surface area contributed by atoms with Crippen molar-refractivity contribution in [2.45, 2.75) is 32.6 Å². The van der Waals surface area contributed by atoms with E-state index in [1.807, 2.05) is 6.08 Å². The highest BCUT2D eigenvalue weighted by atomic mass is 35.5. The Balaban J connectivity index is 3.15. The third-order valence-electron chi connectivity index (χ3n) is 1.75. The molecule has 0 saturated heterocycles. The Hall–Kier alpha value is 0.320. The van der Waals surface area contributed by atoms with Gasteiger partial charge in [0, 0.05) is 11.4 Å². The summed E-state index contributed by atoms with van der Waals surface area (Å²) in [7, 11) is 0. The van der Waals surface area contributed by atoms with Crippen LogP contribution < -0.4 is 0 Å². The van der Waals surface area contributed by atoms with E-state index in [4.69, 9.17) is 23.2 Å². The minimum absolute atomic E-state index is 0.779. The van der Waals surface area contributed by atoms with Crippen LogP contribution in [0.4, 0.5) is 0 Å². The maximum Gasteiger partial charge on any atom is 0.0223 e. The Morgan fingerprint density at radius 2 is 2.09 bits per heavy atom. The molecule has 0 aliphatic rings. The zero-order valence-electron chi connectivity index (χ0n) is 7.02. The summed E-state index contributed by atoms with van der Waals surface area (Å²) in [6, 6.07) is 0. The molecule has 0 aliphatic heterocycles. The van der Waals surface area contributed by atoms with Gasteiger partial charge in [0.1, 0.15) is 0 Å². The summed E-state index contributed by atoms with van der Waals surface area (Å²) in [6.07, 6.45) is 6.68. The lowest BCUT2D eigenvalue weighted by molar-refractivity contribution is 0.492. The summed E-state index contributed by atoms with van der Waals surface area (Å²) in [5, 5.41) is 0. The number of alkyl halides is 1. The maximum absolute atomic E-state index is 5.57. The first-order valence-corrected chi connectivity index (χ1v) is 5.09. The lowest BCUT2D eigenvalue weighted by Gasteiger charge is -2.07. The van der Waals surface area contributed by atoms with Crippen LogP contribution in [0.1, 0.15) is 32.6 Å². The van der Waals surface area contributed by atoms with Gasteiger partial charge in [-0.2, -0.15) is 0 Å². The Morgan fingerprint density at radius 3 is 2.64 bits per heavy atom. The van der Waals surface area contributed by atoms with Gasteiger partial charge < -0.3 is 0 Å². The van der Waals surface area contributed by atoms with Gasteiger partial charge >= 0.3 is 0 Å². The lowest BCUT2D eigenvalue weighted by Crippen LogP contribution is -1.93. The fourth-order valence-corrected chi connectivity index (χ4v) is 1.29. The van der Waals surface area contributed by atoms with Crippen molar-refractivity contribution in [1.29, 1.82) is 0 Å². The second-order valence-electron chi connectivity index (χ2n) is 2.88. The third kappa shape index (κ3) is 8.22. The van der Waals surface area contributed by atoms with Crippen molar-refractivity contribution in [2.24, 2.45) is 5.92 Å². The molecule has 0 heterocycles. The molecule has 1 atom stereocenters. The number of halogens is 2. The predicted molar refractivity (Wildman–Crippen MR) is 53.3 cm³/mol. The molecule has 0 aliphatic carbocycles. The molecule has 1 unspecified atom stereocenters. The molecule has 0 amide bonds. The van der Waals surface area contributed by atoms with Gasteiger partial charge in [0.05, 0.1) is 0 Å². The molecule has 0 nitrogen and oxygen atoms in total. The van der Waals surface area contributed by atoms with E-state index in [1.165, 1.54) is 12.8 Å². The summed E-state index contributed by atoms with van der Waals surface area (Å²) in [5.74, 6) is 1.57. The molecule has 0 spiro atoms. The van der Waals surface area contributed by atoms with E-state index < -0.39 is 0 Å². The standard InChI is InChI=1S/C9H16Cl2/c1-9(6-4-8-11)5-2-3-7-10/h3,7,9H,2,4-6,8H2,1H3. The quantitative estimate of drug-likeness (QED) is 0.558. The van der Waals surface area contributed by atoms with Gasteiger partial charge in [-0.25, -0.2) is 0 Å². The fourth-order valence-electron chi connectivity index (χ4n) is 1.01. The second-order valence-corrected chi connectivity index (χ2v) is 3.51. The average Bonchev–Trinajstić information content (AvgIpc) is 2.01. The van der Waals surface area contributed by atoms with Gasteiger partial charge in [0.2, 0.25) is 0 Å². The smallest absolute Gasteiger partial charge is 0.0223 e. The topological polar surface area (TPSA) is 0 Å². The molecule has 0 rings (SSSR count). The van der Waals surface area contributed by atoms with Gasteiger partial charge in [0.15, 0.2) is 0 Å². The van der Waals surface area contributed by atoms with Crippen molar-refractivity contribution in [3.05, 3.63) is 11.6 Å². The largest absolute Gasteiger partial charge is 0.127 e. The molecule has 0 N–H and O–H groups in total. The summed E-state index contributed by atoms with van der Waals surface area (Å²) in [5.41, 5.74) is 1.59. The molecule has 0 aromatic carbocycles. The monoisotopic (exact) mass is 194 g/mol. The van der Waals surface area contributed by atoms with Crippen LogP contribution in [0, 0.1) is 5.92 Å². The van der Waals surface area contributed by atoms with Gasteiger partial charge in [-0.1, -0.05) is 24.6 Å². The van der Waals surface area contributed by atoms with Crippen LogP contribution >= 0.6 is 23.2 Å². The number of hydrogen-bond donors (Lipinski definition) is 0. The Labute approximate surface area is 79.6 Å². The first kappa shape index (κ1) is 11.3. The number of allylic oxidation sites excluding steroid dienone is 1. The summed E-state index contributed by atoms with van der Waals surface area (Å²) in [6.45, 7) is 2.26. The van der Waals surface area contributed by atoms with E-state index in [0.717, 1.165) is 24.6 Å². The summed E-state index contributed by atoms with van der Waals surface area (Å²) >= 11 is 11.0. The van der Waals surface area contributed by atoms with Gasteiger partial charge in [-0.3, -0.25) is 0 Å². The highest BCUT2D eigenvalue weighted by molar-refractivity contribution is 6.25. The van der Waals surface area contributed by atoms with Crippen molar-refractivity contribution < 1.29 is 0 Å². The SMILES string of the molecule is CC(CCC=CCl)CCCCl. The highest BCUT2D eigenvalue weighted by Crippen LogP contribution is 2.13. The van der Waals surface area contributed by atoms with Crippen molar-refractivity contribution in [3.63, 3.8) is 0 Å². The molecule has 0 fully saturated rings. The normalized spacial score (nSPS) is 14.1. The van der Waals surface area contributed by atoms with E-state index in [0.29, 0.717) is 0 Å². The Bertz CT molecular complexity index is 99.7. The number of rotatable bonds is 6. The van der Waals surface area contributed by atoms with Crippen molar-refractivity contribution in [1.82, 2.24) is 0 Å². The molecule has 0 radical (unpaired) electrons. The van der Waals surface area contributed by atoms with E-state index in [9.17, 15) is 0 Å².